The zero-order chi connectivity index (χ0) is 15.1. The second kappa shape index (κ2) is 8.92. The molecule has 1 fully saturated rings. The number of unbranched alkanes of at least 4 members (excludes halogenated alkanes) is 1. The minimum atomic E-state index is -1.25. The van der Waals surface area contributed by atoms with Gasteiger partial charge in [0.1, 0.15) is 24.4 Å². The lowest BCUT2D eigenvalue weighted by Gasteiger charge is -2.40. The summed E-state index contributed by atoms with van der Waals surface area (Å²) in [5.41, 5.74) is 0. The highest BCUT2D eigenvalue weighted by Crippen LogP contribution is 2.22. The van der Waals surface area contributed by atoms with E-state index in [2.05, 4.69) is 12.2 Å². The summed E-state index contributed by atoms with van der Waals surface area (Å²) >= 11 is 0. The largest absolute Gasteiger partial charge is 0.388 e. The van der Waals surface area contributed by atoms with Crippen molar-refractivity contribution in [1.82, 2.24) is 5.32 Å². The molecule has 0 aromatic carbocycles. The monoisotopic (exact) mass is 291 g/mol. The summed E-state index contributed by atoms with van der Waals surface area (Å²) in [7, 11) is 0. The SMILES string of the molecule is CCCCO[C@H]1O[C@H](CNC(C)CC)[C@@H](O)[C@H](O)[C@H]1O. The van der Waals surface area contributed by atoms with Gasteiger partial charge in [-0.2, -0.15) is 0 Å². The molecule has 0 spiro atoms. The second-order valence-corrected chi connectivity index (χ2v) is 5.46. The Balaban J connectivity index is 2.52. The van der Waals surface area contributed by atoms with Crippen molar-refractivity contribution in [3.05, 3.63) is 0 Å². The Hall–Kier alpha value is -0.240. The standard InChI is InChI=1S/C14H29NO5/c1-4-6-7-19-14-13(18)12(17)11(16)10(20-14)8-15-9(3)5-2/h9-18H,4-8H2,1-3H3/t9?,10-,11-,12+,13-,14+/m1/s1. The minimum Gasteiger partial charge on any atom is -0.388 e. The molecule has 0 aromatic heterocycles. The van der Waals surface area contributed by atoms with E-state index in [0.717, 1.165) is 19.3 Å². The van der Waals surface area contributed by atoms with Gasteiger partial charge in [-0.05, 0) is 19.8 Å². The predicted octanol–water partition coefficient (Wildman–Crippen LogP) is -0.00120. The fraction of sp³-hybridized carbons (Fsp3) is 1.00. The van der Waals surface area contributed by atoms with Crippen molar-refractivity contribution in [1.29, 1.82) is 0 Å². The first-order valence-corrected chi connectivity index (χ1v) is 7.55. The summed E-state index contributed by atoms with van der Waals surface area (Å²) in [5, 5.41) is 32.9. The Kier molecular flexibility index (Phi) is 7.94. The third kappa shape index (κ3) is 4.95. The molecule has 1 unspecified atom stereocenters. The van der Waals surface area contributed by atoms with Crippen LogP contribution in [0.25, 0.3) is 0 Å². The molecule has 6 nitrogen and oxygen atoms in total. The number of aliphatic hydroxyl groups is 3. The maximum absolute atomic E-state index is 9.95. The summed E-state index contributed by atoms with van der Waals surface area (Å²) in [6.07, 6.45) is -2.26. The van der Waals surface area contributed by atoms with Crippen LogP contribution >= 0.6 is 0 Å². The Morgan fingerprint density at radius 1 is 1.15 bits per heavy atom. The molecule has 6 atom stereocenters. The Morgan fingerprint density at radius 2 is 1.85 bits per heavy atom. The van der Waals surface area contributed by atoms with Gasteiger partial charge in [0.25, 0.3) is 0 Å². The highest BCUT2D eigenvalue weighted by atomic mass is 16.7. The van der Waals surface area contributed by atoms with E-state index in [-0.39, 0.29) is 0 Å². The van der Waals surface area contributed by atoms with Crippen LogP contribution in [0.4, 0.5) is 0 Å². The van der Waals surface area contributed by atoms with E-state index in [0.29, 0.717) is 19.2 Å². The number of hydrogen-bond acceptors (Lipinski definition) is 6. The van der Waals surface area contributed by atoms with Gasteiger partial charge in [-0.15, -0.1) is 0 Å². The zero-order valence-corrected chi connectivity index (χ0v) is 12.7. The van der Waals surface area contributed by atoms with Crippen LogP contribution in [0.5, 0.6) is 0 Å². The third-order valence-electron chi connectivity index (χ3n) is 3.73. The molecule has 1 aliphatic rings. The van der Waals surface area contributed by atoms with Crippen LogP contribution in [-0.4, -0.2) is 65.2 Å². The first-order valence-electron chi connectivity index (χ1n) is 7.55. The van der Waals surface area contributed by atoms with Gasteiger partial charge in [0, 0.05) is 19.2 Å². The van der Waals surface area contributed by atoms with Crippen LogP contribution in [0, 0.1) is 0 Å². The van der Waals surface area contributed by atoms with Gasteiger partial charge < -0.3 is 30.1 Å². The number of hydrogen-bond donors (Lipinski definition) is 4. The van der Waals surface area contributed by atoms with Crippen molar-refractivity contribution >= 4 is 0 Å². The van der Waals surface area contributed by atoms with Crippen LogP contribution < -0.4 is 5.32 Å². The van der Waals surface area contributed by atoms with Crippen LogP contribution in [0.3, 0.4) is 0 Å². The molecule has 0 saturated carbocycles. The van der Waals surface area contributed by atoms with Gasteiger partial charge in [0.05, 0.1) is 0 Å². The first-order chi connectivity index (χ1) is 9.51. The van der Waals surface area contributed by atoms with E-state index >= 15 is 0 Å². The highest BCUT2D eigenvalue weighted by molar-refractivity contribution is 4.90. The van der Waals surface area contributed by atoms with Crippen LogP contribution in [0.15, 0.2) is 0 Å². The van der Waals surface area contributed by atoms with E-state index in [1.807, 2.05) is 13.8 Å². The molecule has 1 rings (SSSR count). The zero-order valence-electron chi connectivity index (χ0n) is 12.7. The van der Waals surface area contributed by atoms with Gasteiger partial charge in [0.15, 0.2) is 6.29 Å². The smallest absolute Gasteiger partial charge is 0.186 e. The lowest BCUT2D eigenvalue weighted by molar-refractivity contribution is -0.295. The molecule has 20 heavy (non-hydrogen) atoms. The number of nitrogens with one attached hydrogen (secondary N) is 1. The van der Waals surface area contributed by atoms with Crippen molar-refractivity contribution in [2.24, 2.45) is 0 Å². The van der Waals surface area contributed by atoms with E-state index in [1.54, 1.807) is 0 Å². The van der Waals surface area contributed by atoms with Crippen molar-refractivity contribution in [2.45, 2.75) is 76.8 Å². The Labute approximate surface area is 121 Å². The molecule has 0 amide bonds. The fourth-order valence-corrected chi connectivity index (χ4v) is 2.03. The van der Waals surface area contributed by atoms with Gasteiger partial charge >= 0.3 is 0 Å². The predicted molar refractivity (Wildman–Crippen MR) is 75.3 cm³/mol. The van der Waals surface area contributed by atoms with E-state index < -0.39 is 30.7 Å². The van der Waals surface area contributed by atoms with Crippen LogP contribution in [0.2, 0.25) is 0 Å². The van der Waals surface area contributed by atoms with Gasteiger partial charge in [-0.3, -0.25) is 0 Å². The Bertz CT molecular complexity index is 266. The molecule has 4 N–H and O–H groups in total. The minimum absolute atomic E-state index is 0.300. The summed E-state index contributed by atoms with van der Waals surface area (Å²) in [6, 6.07) is 0.300. The maximum Gasteiger partial charge on any atom is 0.186 e. The van der Waals surface area contributed by atoms with E-state index in [4.69, 9.17) is 9.47 Å². The van der Waals surface area contributed by atoms with E-state index in [1.165, 1.54) is 0 Å². The molecular formula is C14H29NO5. The van der Waals surface area contributed by atoms with Gasteiger partial charge in [-0.25, -0.2) is 0 Å². The summed E-state index contributed by atoms with van der Waals surface area (Å²) in [6.45, 7) is 7.01. The molecule has 0 bridgehead atoms. The summed E-state index contributed by atoms with van der Waals surface area (Å²) in [4.78, 5) is 0. The summed E-state index contributed by atoms with van der Waals surface area (Å²) in [5.74, 6) is 0. The van der Waals surface area contributed by atoms with Gasteiger partial charge in [-0.1, -0.05) is 20.3 Å². The molecule has 1 heterocycles. The van der Waals surface area contributed by atoms with Crippen LogP contribution in [-0.2, 0) is 9.47 Å². The molecule has 120 valence electrons. The molecule has 1 aliphatic heterocycles. The summed E-state index contributed by atoms with van der Waals surface area (Å²) < 4.78 is 11.0. The normalized spacial score (nSPS) is 36.0. The fourth-order valence-electron chi connectivity index (χ4n) is 2.03. The highest BCUT2D eigenvalue weighted by Gasteiger charge is 2.44. The molecule has 6 heteroatoms. The van der Waals surface area contributed by atoms with Crippen molar-refractivity contribution in [2.75, 3.05) is 13.2 Å². The molecule has 0 aromatic rings. The molecule has 0 aliphatic carbocycles. The number of rotatable bonds is 8. The van der Waals surface area contributed by atoms with Gasteiger partial charge in [0.2, 0.25) is 0 Å². The second-order valence-electron chi connectivity index (χ2n) is 5.46. The topological polar surface area (TPSA) is 91.2 Å². The third-order valence-corrected chi connectivity index (χ3v) is 3.73. The Morgan fingerprint density at radius 3 is 2.45 bits per heavy atom. The van der Waals surface area contributed by atoms with E-state index in [9.17, 15) is 15.3 Å². The number of aliphatic hydroxyl groups excluding tert-OH is 3. The quantitative estimate of drug-likeness (QED) is 0.471. The maximum atomic E-state index is 9.95. The van der Waals surface area contributed by atoms with Crippen LogP contribution in [0.1, 0.15) is 40.0 Å². The average Bonchev–Trinajstić information content (AvgIpc) is 2.45. The molecule has 1 saturated heterocycles. The average molecular weight is 291 g/mol. The lowest BCUT2D eigenvalue weighted by Crippen LogP contribution is -2.60. The molecular weight excluding hydrogens is 262 g/mol. The molecule has 0 radical (unpaired) electrons. The van der Waals surface area contributed by atoms with Crippen molar-refractivity contribution in [3.63, 3.8) is 0 Å². The first kappa shape index (κ1) is 17.8. The van der Waals surface area contributed by atoms with Crippen molar-refractivity contribution < 1.29 is 24.8 Å². The lowest BCUT2D eigenvalue weighted by atomic mass is 9.98. The number of ether oxygens (including phenoxy) is 2. The van der Waals surface area contributed by atoms with Crippen molar-refractivity contribution in [3.8, 4) is 0 Å².